The van der Waals surface area contributed by atoms with Gasteiger partial charge >= 0.3 is 0 Å². The molecule has 0 bridgehead atoms. The highest BCUT2D eigenvalue weighted by atomic mass is 16.1. The Morgan fingerprint density at radius 2 is 1.90 bits per heavy atom. The van der Waals surface area contributed by atoms with Gasteiger partial charge in [-0.25, -0.2) is 0 Å². The van der Waals surface area contributed by atoms with Gasteiger partial charge < -0.3 is 5.32 Å². The Labute approximate surface area is 128 Å². The molecule has 1 unspecified atom stereocenters. The maximum atomic E-state index is 12.4. The zero-order valence-electron chi connectivity index (χ0n) is 13.3. The molecular weight excluding hydrogens is 258 g/mol. The zero-order chi connectivity index (χ0) is 14.8. The second kappa shape index (κ2) is 6.21. The van der Waals surface area contributed by atoms with E-state index in [4.69, 9.17) is 0 Å². The van der Waals surface area contributed by atoms with Crippen molar-refractivity contribution < 1.29 is 4.79 Å². The van der Waals surface area contributed by atoms with E-state index in [2.05, 4.69) is 43.4 Å². The first kappa shape index (κ1) is 14.6. The Kier molecular flexibility index (Phi) is 4.32. The summed E-state index contributed by atoms with van der Waals surface area (Å²) in [4.78, 5) is 12.4. The predicted molar refractivity (Wildman–Crippen MR) is 86.2 cm³/mol. The Hall–Kier alpha value is -1.31. The molecule has 3 rings (SSSR count). The van der Waals surface area contributed by atoms with Crippen molar-refractivity contribution in [3.05, 3.63) is 35.4 Å². The number of benzene rings is 1. The third kappa shape index (κ3) is 3.66. The highest BCUT2D eigenvalue weighted by Gasteiger charge is 2.39. The monoisotopic (exact) mass is 285 g/mol. The molecule has 1 amide bonds. The van der Waals surface area contributed by atoms with Crippen molar-refractivity contribution in [1.82, 2.24) is 5.32 Å². The summed E-state index contributed by atoms with van der Waals surface area (Å²) in [6.45, 7) is 4.39. The number of carbonyl (C=O) groups excluding carboxylic acids is 1. The number of hydrogen-bond donors (Lipinski definition) is 1. The molecule has 1 aromatic carbocycles. The van der Waals surface area contributed by atoms with Gasteiger partial charge in [0, 0.05) is 6.04 Å². The summed E-state index contributed by atoms with van der Waals surface area (Å²) >= 11 is 0. The summed E-state index contributed by atoms with van der Waals surface area (Å²) in [5.41, 5.74) is 2.46. The first-order chi connectivity index (χ1) is 10.1. The topological polar surface area (TPSA) is 29.1 Å². The fraction of sp³-hybridized carbons (Fsp3) is 0.632. The SMILES string of the molecule is CC(C)c1cccc(CC(=O)NC(C2CCC2)C2CC2)c1. The van der Waals surface area contributed by atoms with E-state index in [1.807, 2.05) is 0 Å². The zero-order valence-corrected chi connectivity index (χ0v) is 13.3. The minimum Gasteiger partial charge on any atom is -0.353 e. The van der Waals surface area contributed by atoms with E-state index < -0.39 is 0 Å². The van der Waals surface area contributed by atoms with Crippen LogP contribution >= 0.6 is 0 Å². The first-order valence-electron chi connectivity index (χ1n) is 8.51. The van der Waals surface area contributed by atoms with Crippen molar-refractivity contribution in [2.24, 2.45) is 11.8 Å². The second-order valence-corrected chi connectivity index (χ2v) is 7.20. The lowest BCUT2D eigenvalue weighted by atomic mass is 9.78. The number of rotatable bonds is 6. The molecule has 21 heavy (non-hydrogen) atoms. The molecule has 0 radical (unpaired) electrons. The van der Waals surface area contributed by atoms with Crippen LogP contribution < -0.4 is 5.32 Å². The van der Waals surface area contributed by atoms with Gasteiger partial charge in [0.15, 0.2) is 0 Å². The predicted octanol–water partition coefficient (Wildman–Crippen LogP) is 4.05. The average molecular weight is 285 g/mol. The van der Waals surface area contributed by atoms with E-state index in [9.17, 15) is 4.79 Å². The van der Waals surface area contributed by atoms with Crippen LogP contribution in [0.3, 0.4) is 0 Å². The van der Waals surface area contributed by atoms with Crippen molar-refractivity contribution >= 4 is 5.91 Å². The molecule has 0 spiro atoms. The molecule has 1 atom stereocenters. The Morgan fingerprint density at radius 1 is 1.19 bits per heavy atom. The second-order valence-electron chi connectivity index (χ2n) is 7.20. The summed E-state index contributed by atoms with van der Waals surface area (Å²) in [6, 6.07) is 8.93. The van der Waals surface area contributed by atoms with Gasteiger partial charge in [0.1, 0.15) is 0 Å². The average Bonchev–Trinajstić information content (AvgIpc) is 3.20. The molecule has 0 heterocycles. The van der Waals surface area contributed by atoms with Gasteiger partial charge in [0.05, 0.1) is 6.42 Å². The molecule has 2 aliphatic rings. The van der Waals surface area contributed by atoms with E-state index >= 15 is 0 Å². The van der Waals surface area contributed by atoms with Gasteiger partial charge in [0.25, 0.3) is 0 Å². The fourth-order valence-corrected chi connectivity index (χ4v) is 3.36. The molecule has 2 nitrogen and oxygen atoms in total. The van der Waals surface area contributed by atoms with Crippen LogP contribution in [0.5, 0.6) is 0 Å². The van der Waals surface area contributed by atoms with Crippen LogP contribution in [-0.2, 0) is 11.2 Å². The van der Waals surface area contributed by atoms with Crippen molar-refractivity contribution in [3.63, 3.8) is 0 Å². The molecular formula is C19H27NO. The minimum atomic E-state index is 0.208. The molecule has 0 saturated heterocycles. The molecule has 0 aromatic heterocycles. The Balaban J connectivity index is 1.59. The molecule has 114 valence electrons. The lowest BCUT2D eigenvalue weighted by Gasteiger charge is -2.34. The molecule has 2 heteroatoms. The largest absolute Gasteiger partial charge is 0.353 e. The smallest absolute Gasteiger partial charge is 0.224 e. The third-order valence-corrected chi connectivity index (χ3v) is 5.10. The van der Waals surface area contributed by atoms with Crippen LogP contribution in [-0.4, -0.2) is 11.9 Å². The number of amides is 1. The lowest BCUT2D eigenvalue weighted by Crippen LogP contribution is -2.44. The van der Waals surface area contributed by atoms with Crippen LogP contribution in [0.25, 0.3) is 0 Å². The number of hydrogen-bond acceptors (Lipinski definition) is 1. The quantitative estimate of drug-likeness (QED) is 0.839. The molecule has 2 fully saturated rings. The van der Waals surface area contributed by atoms with Crippen LogP contribution in [0.1, 0.15) is 63.0 Å². The van der Waals surface area contributed by atoms with Crippen LogP contribution in [0.4, 0.5) is 0 Å². The highest BCUT2D eigenvalue weighted by molar-refractivity contribution is 5.79. The van der Waals surface area contributed by atoms with E-state index in [-0.39, 0.29) is 5.91 Å². The third-order valence-electron chi connectivity index (χ3n) is 5.10. The van der Waals surface area contributed by atoms with E-state index in [0.29, 0.717) is 18.4 Å². The van der Waals surface area contributed by atoms with Gasteiger partial charge in [-0.15, -0.1) is 0 Å². The number of carbonyl (C=O) groups is 1. The molecule has 0 aliphatic heterocycles. The molecule has 1 N–H and O–H groups in total. The summed E-state index contributed by atoms with van der Waals surface area (Å²) in [6.07, 6.45) is 7.11. The van der Waals surface area contributed by atoms with Crippen LogP contribution in [0.2, 0.25) is 0 Å². The van der Waals surface area contributed by atoms with E-state index in [1.54, 1.807) is 0 Å². The molecule has 1 aromatic rings. The maximum Gasteiger partial charge on any atom is 0.224 e. The van der Waals surface area contributed by atoms with Crippen molar-refractivity contribution in [1.29, 1.82) is 0 Å². The summed E-state index contributed by atoms with van der Waals surface area (Å²) < 4.78 is 0. The summed E-state index contributed by atoms with van der Waals surface area (Å²) in [7, 11) is 0. The lowest BCUT2D eigenvalue weighted by molar-refractivity contribution is -0.122. The van der Waals surface area contributed by atoms with Crippen molar-refractivity contribution in [3.8, 4) is 0 Å². The van der Waals surface area contributed by atoms with Crippen LogP contribution in [0.15, 0.2) is 24.3 Å². The van der Waals surface area contributed by atoms with Gasteiger partial charge in [-0.1, -0.05) is 44.5 Å². The maximum absolute atomic E-state index is 12.4. The highest BCUT2D eigenvalue weighted by Crippen LogP contribution is 2.42. The van der Waals surface area contributed by atoms with Crippen molar-refractivity contribution in [2.75, 3.05) is 0 Å². The molecule has 2 saturated carbocycles. The Morgan fingerprint density at radius 3 is 2.48 bits per heavy atom. The molecule has 2 aliphatic carbocycles. The first-order valence-corrected chi connectivity index (χ1v) is 8.51. The minimum absolute atomic E-state index is 0.208. The standard InChI is InChI=1S/C19H27NO/c1-13(2)17-8-3-5-14(11-17)12-18(21)20-19(16-9-10-16)15-6-4-7-15/h3,5,8,11,13,15-16,19H,4,6-7,9-10,12H2,1-2H3,(H,20,21). The van der Waals surface area contributed by atoms with E-state index in [1.165, 1.54) is 37.7 Å². The van der Waals surface area contributed by atoms with Gasteiger partial charge in [0.2, 0.25) is 5.91 Å². The Bertz CT molecular complexity index is 500. The fourth-order valence-electron chi connectivity index (χ4n) is 3.36. The van der Waals surface area contributed by atoms with Gasteiger partial charge in [-0.2, -0.15) is 0 Å². The van der Waals surface area contributed by atoms with Gasteiger partial charge in [-0.05, 0) is 54.6 Å². The normalized spacial score (nSPS) is 20.1. The van der Waals surface area contributed by atoms with Gasteiger partial charge in [-0.3, -0.25) is 4.79 Å². The number of nitrogens with one attached hydrogen (secondary N) is 1. The van der Waals surface area contributed by atoms with Crippen LogP contribution in [0, 0.1) is 11.8 Å². The van der Waals surface area contributed by atoms with Crippen molar-refractivity contribution in [2.45, 2.75) is 64.3 Å². The summed E-state index contributed by atoms with van der Waals surface area (Å²) in [5, 5.41) is 3.34. The van der Waals surface area contributed by atoms with E-state index in [0.717, 1.165) is 17.4 Å². The summed E-state index contributed by atoms with van der Waals surface area (Å²) in [5.74, 6) is 2.24.